The Morgan fingerprint density at radius 3 is 2.17 bits per heavy atom. The molecule has 180 valence electrons. The van der Waals surface area contributed by atoms with Crippen LogP contribution in [-0.4, -0.2) is 39.2 Å². The highest BCUT2D eigenvalue weighted by atomic mass is 79.9. The Bertz CT molecular complexity index is 1320. The van der Waals surface area contributed by atoms with Crippen LogP contribution in [0.5, 0.6) is 0 Å². The lowest BCUT2D eigenvalue weighted by molar-refractivity contribution is -0.139. The number of carbonyl (C=O) groups is 3. The third kappa shape index (κ3) is 4.60. The Balaban J connectivity index is 2.52. The average molecular weight is 561 g/mol. The van der Waals surface area contributed by atoms with Crippen LogP contribution in [0.2, 0.25) is 5.02 Å². The summed E-state index contributed by atoms with van der Waals surface area (Å²) in [5, 5.41) is 10.3. The number of rotatable bonds is 5. The Morgan fingerprint density at radius 1 is 1.03 bits per heavy atom. The maximum atomic E-state index is 13.2. The first-order valence-electron chi connectivity index (χ1n) is 9.94. The number of esters is 3. The first-order valence-corrected chi connectivity index (χ1v) is 11.1. The smallest absolute Gasteiger partial charge is 0.355 e. The van der Waals surface area contributed by atoms with Gasteiger partial charge in [-0.15, -0.1) is 0 Å². The summed E-state index contributed by atoms with van der Waals surface area (Å²) in [4.78, 5) is 40.1. The molecule has 3 rings (SSSR count). The fourth-order valence-electron chi connectivity index (χ4n) is 3.80. The zero-order valence-electron chi connectivity index (χ0n) is 18.8. The molecule has 35 heavy (non-hydrogen) atoms. The fourth-order valence-corrected chi connectivity index (χ4v) is 4.79. The topological polar surface area (TPSA) is 132 Å². The molecule has 2 aromatic carbocycles. The van der Waals surface area contributed by atoms with Crippen molar-refractivity contribution in [3.63, 3.8) is 0 Å². The van der Waals surface area contributed by atoms with Gasteiger partial charge in [-0.25, -0.2) is 14.4 Å². The van der Waals surface area contributed by atoms with E-state index in [1.54, 1.807) is 30.3 Å². The molecule has 0 amide bonds. The van der Waals surface area contributed by atoms with Gasteiger partial charge in [0.25, 0.3) is 0 Å². The van der Waals surface area contributed by atoms with Gasteiger partial charge in [0.2, 0.25) is 0 Å². The van der Waals surface area contributed by atoms with E-state index in [1.165, 1.54) is 19.2 Å². The second-order valence-corrected chi connectivity index (χ2v) is 8.40. The number of anilines is 1. The molecule has 11 heteroatoms. The molecule has 0 saturated carbocycles. The number of nitrogens with two attached hydrogens (primary N) is 1. The number of allylic oxidation sites excluding steroid dienone is 1. The summed E-state index contributed by atoms with van der Waals surface area (Å²) in [6, 6.07) is 13.4. The van der Waals surface area contributed by atoms with Gasteiger partial charge in [0.1, 0.15) is 11.5 Å². The number of ether oxygens (including phenoxy) is 3. The van der Waals surface area contributed by atoms with E-state index in [9.17, 15) is 19.6 Å². The highest BCUT2D eigenvalue weighted by Crippen LogP contribution is 2.46. The third-order valence-electron chi connectivity index (χ3n) is 5.27. The average Bonchev–Trinajstić information content (AvgIpc) is 2.87. The van der Waals surface area contributed by atoms with Crippen LogP contribution in [-0.2, 0) is 23.8 Å². The van der Waals surface area contributed by atoms with Gasteiger partial charge >= 0.3 is 17.9 Å². The standard InChI is InChI=1S/C24H19BrClN3O6/c1-33-22(30)14-9-13(26)10-16(25)19(14)29-20(24(32)35-3)18(23(31)34-2)17(15(11-27)21(29)28)12-7-5-4-6-8-12/h4-10,17H,28H2,1-3H3. The largest absolute Gasteiger partial charge is 0.466 e. The second kappa shape index (κ2) is 10.6. The third-order valence-corrected chi connectivity index (χ3v) is 6.09. The maximum Gasteiger partial charge on any atom is 0.355 e. The predicted molar refractivity (Wildman–Crippen MR) is 130 cm³/mol. The Kier molecular flexibility index (Phi) is 7.84. The molecule has 0 aromatic heterocycles. The first kappa shape index (κ1) is 25.8. The molecule has 0 aliphatic carbocycles. The van der Waals surface area contributed by atoms with Crippen molar-refractivity contribution in [1.29, 1.82) is 5.26 Å². The Labute approximate surface area is 214 Å². The SMILES string of the molecule is COC(=O)C1=C(C(=O)OC)N(c2c(Br)cc(Cl)cc2C(=O)OC)C(N)=C(C#N)C1c1ccccc1. The molecular formula is C24H19BrClN3O6. The number of nitriles is 1. The van der Waals surface area contributed by atoms with Crippen molar-refractivity contribution >= 4 is 51.1 Å². The Morgan fingerprint density at radius 2 is 1.63 bits per heavy atom. The molecule has 1 atom stereocenters. The molecule has 0 saturated heterocycles. The molecular weight excluding hydrogens is 542 g/mol. The van der Waals surface area contributed by atoms with Crippen LogP contribution in [0.1, 0.15) is 21.8 Å². The molecule has 0 fully saturated rings. The van der Waals surface area contributed by atoms with E-state index in [4.69, 9.17) is 31.5 Å². The molecule has 0 spiro atoms. The van der Waals surface area contributed by atoms with E-state index in [-0.39, 0.29) is 43.4 Å². The van der Waals surface area contributed by atoms with Crippen LogP contribution < -0.4 is 10.6 Å². The molecule has 2 aromatic rings. The molecule has 0 bridgehead atoms. The van der Waals surface area contributed by atoms with Crippen molar-refractivity contribution in [1.82, 2.24) is 0 Å². The molecule has 9 nitrogen and oxygen atoms in total. The normalized spacial score (nSPS) is 15.4. The number of carbonyl (C=O) groups excluding carboxylic acids is 3. The van der Waals surface area contributed by atoms with E-state index in [1.807, 2.05) is 6.07 Å². The van der Waals surface area contributed by atoms with Gasteiger partial charge in [-0.05, 0) is 33.6 Å². The van der Waals surface area contributed by atoms with Crippen LogP contribution in [0.3, 0.4) is 0 Å². The first-order chi connectivity index (χ1) is 16.7. The molecule has 2 N–H and O–H groups in total. The minimum atomic E-state index is -1.05. The van der Waals surface area contributed by atoms with Crippen LogP contribution in [0.25, 0.3) is 0 Å². The molecule has 1 aliphatic rings. The molecule has 1 unspecified atom stereocenters. The lowest BCUT2D eigenvalue weighted by atomic mass is 9.80. The summed E-state index contributed by atoms with van der Waals surface area (Å²) in [6.45, 7) is 0. The van der Waals surface area contributed by atoms with Crippen LogP contribution in [0.15, 0.2) is 69.6 Å². The molecule has 1 heterocycles. The van der Waals surface area contributed by atoms with Crippen molar-refractivity contribution in [3.05, 3.63) is 85.8 Å². The zero-order chi connectivity index (χ0) is 25.9. The van der Waals surface area contributed by atoms with E-state index in [0.717, 1.165) is 19.1 Å². The Hall–Kier alpha value is -3.81. The molecule has 0 radical (unpaired) electrons. The van der Waals surface area contributed by atoms with Gasteiger partial charge in [-0.1, -0.05) is 41.9 Å². The van der Waals surface area contributed by atoms with E-state index in [2.05, 4.69) is 15.9 Å². The van der Waals surface area contributed by atoms with Gasteiger partial charge in [-0.2, -0.15) is 5.26 Å². The van der Waals surface area contributed by atoms with Crippen molar-refractivity contribution in [3.8, 4) is 6.07 Å². The number of methoxy groups -OCH3 is 3. The number of nitrogens with zero attached hydrogens (tertiary/aromatic N) is 2. The van der Waals surface area contributed by atoms with Crippen molar-refractivity contribution in [2.75, 3.05) is 26.2 Å². The van der Waals surface area contributed by atoms with E-state index in [0.29, 0.717) is 5.56 Å². The van der Waals surface area contributed by atoms with Crippen molar-refractivity contribution < 1.29 is 28.6 Å². The quantitative estimate of drug-likeness (QED) is 0.428. The highest BCUT2D eigenvalue weighted by Gasteiger charge is 2.44. The minimum Gasteiger partial charge on any atom is -0.466 e. The summed E-state index contributed by atoms with van der Waals surface area (Å²) in [5.74, 6) is -3.91. The second-order valence-electron chi connectivity index (χ2n) is 7.11. The van der Waals surface area contributed by atoms with Gasteiger partial charge < -0.3 is 19.9 Å². The van der Waals surface area contributed by atoms with Crippen LogP contribution in [0, 0.1) is 11.3 Å². The summed E-state index contributed by atoms with van der Waals surface area (Å²) in [5.41, 5.74) is 6.33. The monoisotopic (exact) mass is 559 g/mol. The van der Waals surface area contributed by atoms with Crippen LogP contribution >= 0.6 is 27.5 Å². The predicted octanol–water partition coefficient (Wildman–Crippen LogP) is 3.79. The number of hydrogen-bond donors (Lipinski definition) is 1. The maximum absolute atomic E-state index is 13.2. The molecule has 1 aliphatic heterocycles. The summed E-state index contributed by atoms with van der Waals surface area (Å²) < 4.78 is 15.1. The van der Waals surface area contributed by atoms with Crippen LogP contribution in [0.4, 0.5) is 5.69 Å². The van der Waals surface area contributed by atoms with Crippen molar-refractivity contribution in [2.24, 2.45) is 5.73 Å². The summed E-state index contributed by atoms with van der Waals surface area (Å²) in [6.07, 6.45) is 0. The van der Waals surface area contributed by atoms with Gasteiger partial charge in [0.05, 0.1) is 55.7 Å². The lowest BCUT2D eigenvalue weighted by Gasteiger charge is -2.37. The summed E-state index contributed by atoms with van der Waals surface area (Å²) >= 11 is 9.50. The van der Waals surface area contributed by atoms with Gasteiger partial charge in [-0.3, -0.25) is 4.90 Å². The van der Waals surface area contributed by atoms with Gasteiger partial charge in [0.15, 0.2) is 0 Å². The zero-order valence-corrected chi connectivity index (χ0v) is 21.1. The minimum absolute atomic E-state index is 0.0137. The number of benzene rings is 2. The van der Waals surface area contributed by atoms with Gasteiger partial charge in [0, 0.05) is 9.50 Å². The summed E-state index contributed by atoms with van der Waals surface area (Å²) in [7, 11) is 3.43. The number of hydrogen-bond acceptors (Lipinski definition) is 9. The fraction of sp³-hybridized carbons (Fsp3) is 0.167. The van der Waals surface area contributed by atoms with E-state index < -0.39 is 23.8 Å². The lowest BCUT2D eigenvalue weighted by Crippen LogP contribution is -2.41. The van der Waals surface area contributed by atoms with Crippen molar-refractivity contribution in [2.45, 2.75) is 5.92 Å². The van der Waals surface area contributed by atoms with E-state index >= 15 is 0 Å². The number of halogens is 2. The highest BCUT2D eigenvalue weighted by molar-refractivity contribution is 9.10.